The van der Waals surface area contributed by atoms with Crippen molar-refractivity contribution in [1.29, 1.82) is 0 Å². The molecule has 0 radical (unpaired) electrons. The van der Waals surface area contributed by atoms with Crippen molar-refractivity contribution in [3.8, 4) is 0 Å². The van der Waals surface area contributed by atoms with E-state index in [4.69, 9.17) is 9.47 Å². The van der Waals surface area contributed by atoms with Crippen LogP contribution >= 0.6 is 0 Å². The summed E-state index contributed by atoms with van der Waals surface area (Å²) in [5.74, 6) is -1.64. The van der Waals surface area contributed by atoms with Gasteiger partial charge in [0, 0.05) is 30.6 Å². The third-order valence-electron chi connectivity index (χ3n) is 6.53. The van der Waals surface area contributed by atoms with Crippen LogP contribution in [0.15, 0.2) is 11.3 Å². The topological polar surface area (TPSA) is 89.9 Å². The third-order valence-corrected chi connectivity index (χ3v) is 6.53. The maximum absolute atomic E-state index is 12.9. The van der Waals surface area contributed by atoms with Crippen LogP contribution in [0, 0.1) is 23.7 Å². The Morgan fingerprint density at radius 3 is 2.56 bits per heavy atom. The summed E-state index contributed by atoms with van der Waals surface area (Å²) in [5, 5.41) is 10.8. The fraction of sp³-hybridized carbons (Fsp3) is 0.737. The third kappa shape index (κ3) is 2.16. The standard InChI is InChI=1S/C19H24O6/c1-8-6-9(2)14(21)13-17-19(25-18(13)23)7-10(3)16(24-17)15(22)11(19)4-5-12(8)20/h8-11,15-16,22H,4-7H2,1-3H3. The summed E-state index contributed by atoms with van der Waals surface area (Å²) < 4.78 is 11.7. The molecule has 0 amide bonds. The first-order chi connectivity index (χ1) is 11.8. The maximum Gasteiger partial charge on any atom is 0.346 e. The second kappa shape index (κ2) is 5.40. The molecule has 2 saturated heterocycles. The van der Waals surface area contributed by atoms with E-state index in [1.54, 1.807) is 6.92 Å². The second-order valence-electron chi connectivity index (χ2n) is 8.25. The van der Waals surface area contributed by atoms with Gasteiger partial charge in [-0.3, -0.25) is 9.59 Å². The van der Waals surface area contributed by atoms with Crippen molar-refractivity contribution in [2.75, 3.05) is 0 Å². The van der Waals surface area contributed by atoms with Gasteiger partial charge in [-0.1, -0.05) is 20.8 Å². The Bertz CT molecular complexity index is 694. The molecule has 25 heavy (non-hydrogen) atoms. The fourth-order valence-electron chi connectivity index (χ4n) is 5.19. The lowest BCUT2D eigenvalue weighted by molar-refractivity contribution is -0.232. The summed E-state index contributed by atoms with van der Waals surface area (Å²) in [6, 6.07) is 0. The highest BCUT2D eigenvalue weighted by Gasteiger charge is 2.67. The van der Waals surface area contributed by atoms with E-state index in [-0.39, 0.29) is 29.0 Å². The first-order valence-corrected chi connectivity index (χ1v) is 9.16. The highest BCUT2D eigenvalue weighted by atomic mass is 16.6. The van der Waals surface area contributed by atoms with Gasteiger partial charge in [0.1, 0.15) is 17.5 Å². The summed E-state index contributed by atoms with van der Waals surface area (Å²) in [4.78, 5) is 38.0. The minimum atomic E-state index is -1.09. The van der Waals surface area contributed by atoms with E-state index in [0.29, 0.717) is 31.4 Å². The van der Waals surface area contributed by atoms with Gasteiger partial charge in [-0.25, -0.2) is 4.79 Å². The first kappa shape index (κ1) is 16.8. The van der Waals surface area contributed by atoms with Gasteiger partial charge in [-0.2, -0.15) is 0 Å². The zero-order valence-electron chi connectivity index (χ0n) is 14.8. The van der Waals surface area contributed by atoms with Crippen LogP contribution < -0.4 is 0 Å². The lowest BCUT2D eigenvalue weighted by Crippen LogP contribution is -2.63. The van der Waals surface area contributed by atoms with Crippen molar-refractivity contribution < 1.29 is 29.0 Å². The molecule has 0 aromatic rings. The number of fused-ring (bicyclic) bond motifs is 1. The van der Waals surface area contributed by atoms with Gasteiger partial charge < -0.3 is 14.6 Å². The number of carbonyl (C=O) groups is 3. The molecule has 1 saturated carbocycles. The van der Waals surface area contributed by atoms with Crippen molar-refractivity contribution in [3.05, 3.63) is 11.3 Å². The van der Waals surface area contributed by atoms with Crippen LogP contribution in [0.2, 0.25) is 0 Å². The van der Waals surface area contributed by atoms with Gasteiger partial charge in [0.2, 0.25) is 0 Å². The second-order valence-corrected chi connectivity index (χ2v) is 8.25. The van der Waals surface area contributed by atoms with E-state index in [0.717, 1.165) is 0 Å². The Hall–Kier alpha value is -1.69. The molecule has 3 fully saturated rings. The number of aliphatic hydroxyl groups excluding tert-OH is 1. The smallest absolute Gasteiger partial charge is 0.346 e. The zero-order valence-corrected chi connectivity index (χ0v) is 14.8. The molecule has 136 valence electrons. The fourth-order valence-corrected chi connectivity index (χ4v) is 5.19. The summed E-state index contributed by atoms with van der Waals surface area (Å²) in [7, 11) is 0. The first-order valence-electron chi connectivity index (χ1n) is 9.16. The van der Waals surface area contributed by atoms with Crippen molar-refractivity contribution in [1.82, 2.24) is 0 Å². The number of carbonyl (C=O) groups excluding carboxylic acids is 3. The zero-order chi connectivity index (χ0) is 18.1. The van der Waals surface area contributed by atoms with Gasteiger partial charge in [0.05, 0.1) is 6.10 Å². The van der Waals surface area contributed by atoms with Crippen molar-refractivity contribution in [2.24, 2.45) is 23.7 Å². The Balaban J connectivity index is 1.87. The number of aliphatic hydroxyl groups is 1. The van der Waals surface area contributed by atoms with Gasteiger partial charge in [-0.05, 0) is 18.8 Å². The van der Waals surface area contributed by atoms with E-state index in [1.807, 2.05) is 13.8 Å². The number of rotatable bonds is 0. The molecule has 5 rings (SSSR count). The van der Waals surface area contributed by atoms with Crippen LogP contribution in [0.4, 0.5) is 0 Å². The Morgan fingerprint density at radius 1 is 1.12 bits per heavy atom. The maximum atomic E-state index is 12.9. The summed E-state index contributed by atoms with van der Waals surface area (Å²) >= 11 is 0. The molecule has 3 aliphatic heterocycles. The van der Waals surface area contributed by atoms with Crippen molar-refractivity contribution in [2.45, 2.75) is 64.3 Å². The minimum Gasteiger partial charge on any atom is -0.486 e. The molecule has 1 N–H and O–H groups in total. The average Bonchev–Trinajstić information content (AvgIpc) is 2.83. The van der Waals surface area contributed by atoms with Gasteiger partial charge in [0.25, 0.3) is 0 Å². The predicted molar refractivity (Wildman–Crippen MR) is 86.2 cm³/mol. The quantitative estimate of drug-likeness (QED) is 0.528. The normalized spacial score (nSPS) is 46.6. The van der Waals surface area contributed by atoms with Crippen molar-refractivity contribution >= 4 is 17.5 Å². The number of ether oxygens (including phenoxy) is 2. The van der Waals surface area contributed by atoms with Crippen LogP contribution in [-0.4, -0.2) is 40.5 Å². The average molecular weight is 348 g/mol. The highest BCUT2D eigenvalue weighted by Crippen LogP contribution is 2.57. The predicted octanol–water partition coefficient (Wildman–Crippen LogP) is 1.55. The van der Waals surface area contributed by atoms with E-state index >= 15 is 0 Å². The van der Waals surface area contributed by atoms with Crippen LogP contribution in [0.5, 0.6) is 0 Å². The molecule has 5 bridgehead atoms. The Labute approximate surface area is 146 Å². The minimum absolute atomic E-state index is 0.00264. The SMILES string of the molecule is CC1CC(C)C(=O)C2=C3OC4C(C)CC3(OC2=O)C(CCC1=O)C4O. The van der Waals surface area contributed by atoms with E-state index < -0.39 is 35.6 Å². The summed E-state index contributed by atoms with van der Waals surface area (Å²) in [6.45, 7) is 5.51. The number of hydrogen-bond donors (Lipinski definition) is 1. The van der Waals surface area contributed by atoms with Crippen LogP contribution in [-0.2, 0) is 23.9 Å². The highest BCUT2D eigenvalue weighted by molar-refractivity contribution is 6.20. The van der Waals surface area contributed by atoms with Crippen LogP contribution in [0.3, 0.4) is 0 Å². The molecule has 3 heterocycles. The molecule has 7 unspecified atom stereocenters. The van der Waals surface area contributed by atoms with Gasteiger partial charge in [-0.15, -0.1) is 0 Å². The number of Topliss-reactive ketones (excluding diaryl/α,β-unsaturated/α-hetero) is 2. The molecule has 6 heteroatoms. The molecular weight excluding hydrogens is 324 g/mol. The molecule has 1 spiro atoms. The lowest BCUT2D eigenvalue weighted by atomic mass is 9.63. The monoisotopic (exact) mass is 348 g/mol. The van der Waals surface area contributed by atoms with Gasteiger partial charge >= 0.3 is 5.97 Å². The molecule has 6 nitrogen and oxygen atoms in total. The largest absolute Gasteiger partial charge is 0.486 e. The molecule has 0 aromatic heterocycles. The van der Waals surface area contributed by atoms with Crippen LogP contribution in [0.25, 0.3) is 0 Å². The molecular formula is C19H24O6. The Kier molecular flexibility index (Phi) is 3.62. The molecule has 7 atom stereocenters. The molecule has 0 aromatic carbocycles. The summed E-state index contributed by atoms with van der Waals surface area (Å²) in [6.07, 6.45) is 0.395. The Morgan fingerprint density at radius 2 is 1.84 bits per heavy atom. The van der Waals surface area contributed by atoms with Crippen molar-refractivity contribution in [3.63, 3.8) is 0 Å². The van der Waals surface area contributed by atoms with E-state index in [9.17, 15) is 19.5 Å². The van der Waals surface area contributed by atoms with Crippen LogP contribution in [0.1, 0.15) is 46.5 Å². The number of esters is 1. The van der Waals surface area contributed by atoms with E-state index in [2.05, 4.69) is 0 Å². The summed E-state index contributed by atoms with van der Waals surface area (Å²) in [5.41, 5.74) is -1.09. The lowest BCUT2D eigenvalue weighted by Gasteiger charge is -2.55. The van der Waals surface area contributed by atoms with E-state index in [1.165, 1.54) is 0 Å². The van der Waals surface area contributed by atoms with Gasteiger partial charge in [0.15, 0.2) is 17.1 Å². The number of ketones is 2. The molecule has 5 aliphatic rings. The number of hydrogen-bond acceptors (Lipinski definition) is 6. The molecule has 2 aliphatic carbocycles.